The van der Waals surface area contributed by atoms with Gasteiger partial charge >= 0.3 is 0 Å². The van der Waals surface area contributed by atoms with Crippen LogP contribution in [0.25, 0.3) is 11.1 Å². The van der Waals surface area contributed by atoms with Crippen LogP contribution in [-0.2, 0) is 0 Å². The molecule has 1 aromatic carbocycles. The van der Waals surface area contributed by atoms with E-state index < -0.39 is 0 Å². The summed E-state index contributed by atoms with van der Waals surface area (Å²) in [5.74, 6) is 0.741. The number of nitrogens with zero attached hydrogens (tertiary/aromatic N) is 2. The van der Waals surface area contributed by atoms with Gasteiger partial charge < -0.3 is 0 Å². The minimum Gasteiger partial charge on any atom is -0.298 e. The Morgan fingerprint density at radius 2 is 1.88 bits per heavy atom. The summed E-state index contributed by atoms with van der Waals surface area (Å²) in [6.07, 6.45) is 2.62. The molecule has 0 aliphatic heterocycles. The highest BCUT2D eigenvalue weighted by Crippen LogP contribution is 2.24. The minimum atomic E-state index is 0.665. The van der Waals surface area contributed by atoms with Crippen molar-refractivity contribution in [2.24, 2.45) is 0 Å². The first-order valence-electron chi connectivity index (χ1n) is 5.07. The van der Waals surface area contributed by atoms with Gasteiger partial charge in [0.15, 0.2) is 6.29 Å². The molecule has 1 aromatic heterocycles. The number of hydrogen-bond acceptors (Lipinski definition) is 3. The number of aldehydes is 1. The van der Waals surface area contributed by atoms with Gasteiger partial charge in [-0.15, -0.1) is 0 Å². The van der Waals surface area contributed by atoms with Crippen molar-refractivity contribution in [3.63, 3.8) is 0 Å². The quantitative estimate of drug-likeness (QED) is 0.718. The summed E-state index contributed by atoms with van der Waals surface area (Å²) in [7, 11) is 0. The standard InChI is InChI=1S/C13H12N2O/c1-9-13(7-14-10(2)15-9)12-6-4-3-5-11(12)8-16/h3-8H,1-2H3. The second kappa shape index (κ2) is 4.23. The van der Waals surface area contributed by atoms with E-state index >= 15 is 0 Å². The third-order valence-electron chi connectivity index (χ3n) is 2.48. The van der Waals surface area contributed by atoms with E-state index in [1.807, 2.05) is 32.0 Å². The van der Waals surface area contributed by atoms with E-state index in [1.165, 1.54) is 0 Å². The van der Waals surface area contributed by atoms with Gasteiger partial charge in [-0.1, -0.05) is 24.3 Å². The van der Waals surface area contributed by atoms with Crippen LogP contribution in [0.5, 0.6) is 0 Å². The first-order chi connectivity index (χ1) is 7.72. The van der Waals surface area contributed by atoms with Gasteiger partial charge in [-0.3, -0.25) is 4.79 Å². The van der Waals surface area contributed by atoms with Crippen molar-refractivity contribution >= 4 is 6.29 Å². The van der Waals surface area contributed by atoms with Gasteiger partial charge in [0.2, 0.25) is 0 Å². The first kappa shape index (κ1) is 10.5. The largest absolute Gasteiger partial charge is 0.298 e. The molecule has 0 atom stereocenters. The van der Waals surface area contributed by atoms with E-state index in [0.29, 0.717) is 5.56 Å². The van der Waals surface area contributed by atoms with Gasteiger partial charge in [0.25, 0.3) is 0 Å². The molecule has 3 nitrogen and oxygen atoms in total. The SMILES string of the molecule is Cc1ncc(-c2ccccc2C=O)c(C)n1. The van der Waals surface area contributed by atoms with E-state index in [9.17, 15) is 4.79 Å². The molecule has 1 heterocycles. The van der Waals surface area contributed by atoms with Crippen LogP contribution in [-0.4, -0.2) is 16.3 Å². The van der Waals surface area contributed by atoms with E-state index in [4.69, 9.17) is 0 Å². The number of aryl methyl sites for hydroxylation is 2. The average Bonchev–Trinajstić information content (AvgIpc) is 2.29. The predicted molar refractivity (Wildman–Crippen MR) is 62.3 cm³/mol. The molecule has 0 saturated heterocycles. The molecule has 0 bridgehead atoms. The van der Waals surface area contributed by atoms with Gasteiger partial charge in [0, 0.05) is 23.0 Å². The summed E-state index contributed by atoms with van der Waals surface area (Å²) in [6, 6.07) is 7.45. The van der Waals surface area contributed by atoms with Crippen LogP contribution in [0.3, 0.4) is 0 Å². The topological polar surface area (TPSA) is 42.9 Å². The summed E-state index contributed by atoms with van der Waals surface area (Å²) in [6.45, 7) is 3.77. The van der Waals surface area contributed by atoms with Gasteiger partial charge in [-0.05, 0) is 19.4 Å². The fourth-order valence-electron chi connectivity index (χ4n) is 1.69. The van der Waals surface area contributed by atoms with Crippen LogP contribution in [0.4, 0.5) is 0 Å². The molecule has 0 N–H and O–H groups in total. The Morgan fingerprint density at radius 3 is 2.56 bits per heavy atom. The maximum absolute atomic E-state index is 10.9. The molecule has 2 aromatic rings. The van der Waals surface area contributed by atoms with Crippen LogP contribution in [0, 0.1) is 13.8 Å². The second-order valence-corrected chi connectivity index (χ2v) is 3.62. The maximum Gasteiger partial charge on any atom is 0.150 e. The summed E-state index contributed by atoms with van der Waals surface area (Å²) < 4.78 is 0. The highest BCUT2D eigenvalue weighted by molar-refractivity contribution is 5.87. The van der Waals surface area contributed by atoms with Crippen LogP contribution in [0.2, 0.25) is 0 Å². The molecule has 0 unspecified atom stereocenters. The highest BCUT2D eigenvalue weighted by Gasteiger charge is 2.07. The molecule has 3 heteroatoms. The molecule has 0 radical (unpaired) electrons. The van der Waals surface area contributed by atoms with E-state index in [-0.39, 0.29) is 0 Å². The summed E-state index contributed by atoms with van der Waals surface area (Å²) in [5, 5.41) is 0. The summed E-state index contributed by atoms with van der Waals surface area (Å²) in [5.41, 5.74) is 3.35. The summed E-state index contributed by atoms with van der Waals surface area (Å²) in [4.78, 5) is 19.4. The fourth-order valence-corrected chi connectivity index (χ4v) is 1.69. The van der Waals surface area contributed by atoms with Crippen LogP contribution < -0.4 is 0 Å². The normalized spacial score (nSPS) is 10.1. The smallest absolute Gasteiger partial charge is 0.150 e. The third-order valence-corrected chi connectivity index (χ3v) is 2.48. The van der Waals surface area contributed by atoms with Crippen molar-refractivity contribution in [1.29, 1.82) is 0 Å². The summed E-state index contributed by atoms with van der Waals surface area (Å²) >= 11 is 0. The Morgan fingerprint density at radius 1 is 1.12 bits per heavy atom. The Labute approximate surface area is 94.2 Å². The fraction of sp³-hybridized carbons (Fsp3) is 0.154. The van der Waals surface area contributed by atoms with E-state index in [1.54, 1.807) is 12.3 Å². The molecule has 16 heavy (non-hydrogen) atoms. The van der Waals surface area contributed by atoms with Crippen LogP contribution in [0.15, 0.2) is 30.5 Å². The van der Waals surface area contributed by atoms with Crippen molar-refractivity contribution in [2.45, 2.75) is 13.8 Å². The van der Waals surface area contributed by atoms with Gasteiger partial charge in [-0.25, -0.2) is 9.97 Å². The molecule has 0 amide bonds. The van der Waals surface area contributed by atoms with Gasteiger partial charge in [-0.2, -0.15) is 0 Å². The lowest BCUT2D eigenvalue weighted by Crippen LogP contribution is -1.96. The molecule has 80 valence electrons. The molecule has 0 fully saturated rings. The predicted octanol–water partition coefficient (Wildman–Crippen LogP) is 2.57. The monoisotopic (exact) mass is 212 g/mol. The number of rotatable bonds is 2. The number of carbonyl (C=O) groups is 1. The Balaban J connectivity index is 2.62. The number of benzene rings is 1. The lowest BCUT2D eigenvalue weighted by molar-refractivity contribution is 0.112. The second-order valence-electron chi connectivity index (χ2n) is 3.62. The third kappa shape index (κ3) is 1.84. The maximum atomic E-state index is 10.9. The Hall–Kier alpha value is -2.03. The van der Waals surface area contributed by atoms with Crippen molar-refractivity contribution in [1.82, 2.24) is 9.97 Å². The minimum absolute atomic E-state index is 0.665. The zero-order valence-corrected chi connectivity index (χ0v) is 9.27. The van der Waals surface area contributed by atoms with Crippen molar-refractivity contribution in [3.8, 4) is 11.1 Å². The number of carbonyl (C=O) groups excluding carboxylic acids is 1. The number of hydrogen-bond donors (Lipinski definition) is 0. The molecule has 2 rings (SSSR count). The first-order valence-corrected chi connectivity index (χ1v) is 5.07. The molecule has 0 spiro atoms. The molecular formula is C13H12N2O. The zero-order valence-electron chi connectivity index (χ0n) is 9.27. The molecule has 0 saturated carbocycles. The van der Waals surface area contributed by atoms with Crippen LogP contribution >= 0.6 is 0 Å². The van der Waals surface area contributed by atoms with Crippen molar-refractivity contribution in [2.75, 3.05) is 0 Å². The van der Waals surface area contributed by atoms with Crippen LogP contribution in [0.1, 0.15) is 21.9 Å². The molecule has 0 aliphatic rings. The lowest BCUT2D eigenvalue weighted by atomic mass is 10.0. The van der Waals surface area contributed by atoms with E-state index in [2.05, 4.69) is 9.97 Å². The Kier molecular flexibility index (Phi) is 2.77. The van der Waals surface area contributed by atoms with Crippen molar-refractivity contribution in [3.05, 3.63) is 47.5 Å². The zero-order chi connectivity index (χ0) is 11.5. The average molecular weight is 212 g/mol. The lowest BCUT2D eigenvalue weighted by Gasteiger charge is -2.07. The highest BCUT2D eigenvalue weighted by atomic mass is 16.1. The van der Waals surface area contributed by atoms with Gasteiger partial charge in [0.1, 0.15) is 5.82 Å². The molecule has 0 aliphatic carbocycles. The van der Waals surface area contributed by atoms with Crippen molar-refractivity contribution < 1.29 is 4.79 Å². The van der Waals surface area contributed by atoms with Gasteiger partial charge in [0.05, 0.1) is 0 Å². The molecular weight excluding hydrogens is 200 g/mol. The van der Waals surface area contributed by atoms with E-state index in [0.717, 1.165) is 28.9 Å². The number of aromatic nitrogens is 2. The Bertz CT molecular complexity index is 535.